The molecule has 0 bridgehead atoms. The van der Waals surface area contributed by atoms with E-state index in [9.17, 15) is 4.79 Å². The Morgan fingerprint density at radius 3 is 3.00 bits per heavy atom. The Morgan fingerprint density at radius 1 is 1.86 bits per heavy atom. The van der Waals surface area contributed by atoms with E-state index in [-0.39, 0.29) is 0 Å². The number of hydrogen-bond acceptors (Lipinski definition) is 1. The van der Waals surface area contributed by atoms with Crippen LogP contribution in [0.4, 0.5) is 0 Å². The van der Waals surface area contributed by atoms with Crippen molar-refractivity contribution in [2.45, 2.75) is 6.42 Å². The van der Waals surface area contributed by atoms with Crippen molar-refractivity contribution in [3.05, 3.63) is 12.7 Å². The van der Waals surface area contributed by atoms with Gasteiger partial charge in [-0.15, -0.1) is 6.58 Å². The highest BCUT2D eigenvalue weighted by molar-refractivity contribution is 5.46. The van der Waals surface area contributed by atoms with E-state index < -0.39 is 0 Å². The van der Waals surface area contributed by atoms with Gasteiger partial charge in [-0.3, -0.25) is 4.79 Å². The number of rotatable bonds is 4. The maximum absolute atomic E-state index is 9.41. The largest absolute Gasteiger partial charge is 0.348 e. The zero-order valence-electron chi connectivity index (χ0n) is 4.11. The number of carbonyl (C=O) groups excluding carboxylic acids is 1. The fourth-order valence-corrected chi connectivity index (χ4v) is 0.225. The first-order chi connectivity index (χ1) is 3.41. The molecule has 0 aliphatic rings. The Bertz CT molecular complexity index is 53.1. The van der Waals surface area contributed by atoms with Crippen molar-refractivity contribution in [2.75, 3.05) is 6.54 Å². The van der Waals surface area contributed by atoms with Crippen LogP contribution in [0.25, 0.3) is 0 Å². The van der Waals surface area contributed by atoms with Gasteiger partial charge in [-0.2, -0.15) is 0 Å². The molecule has 2 nitrogen and oxygen atoms in total. The molecule has 0 unspecified atom stereocenters. The van der Waals surface area contributed by atoms with E-state index in [1.807, 2.05) is 0 Å². The minimum atomic E-state index is 0.646. The van der Waals surface area contributed by atoms with Crippen molar-refractivity contribution < 1.29 is 4.79 Å². The lowest BCUT2D eigenvalue weighted by atomic mass is 10.4. The van der Waals surface area contributed by atoms with E-state index in [1.165, 1.54) is 0 Å². The summed E-state index contributed by atoms with van der Waals surface area (Å²) in [5.74, 6) is 0. The van der Waals surface area contributed by atoms with Crippen molar-refractivity contribution in [3.8, 4) is 0 Å². The van der Waals surface area contributed by atoms with Crippen LogP contribution in [-0.2, 0) is 4.79 Å². The molecule has 0 aromatic heterocycles. The number of nitrogens with one attached hydrogen (secondary N) is 1. The lowest BCUT2D eigenvalue weighted by Crippen LogP contribution is -2.10. The molecule has 0 heterocycles. The highest BCUT2D eigenvalue weighted by atomic mass is 16.1. The lowest BCUT2D eigenvalue weighted by Gasteiger charge is -1.86. The minimum Gasteiger partial charge on any atom is -0.348 e. The third-order valence-electron chi connectivity index (χ3n) is 0.546. The van der Waals surface area contributed by atoms with Crippen molar-refractivity contribution in [1.29, 1.82) is 0 Å². The topological polar surface area (TPSA) is 29.1 Å². The normalized spacial score (nSPS) is 7.43. The molecular formula is C5H8NO. The number of amides is 1. The van der Waals surface area contributed by atoms with Gasteiger partial charge < -0.3 is 5.32 Å². The van der Waals surface area contributed by atoms with Gasteiger partial charge in [-0.25, -0.2) is 0 Å². The summed E-state index contributed by atoms with van der Waals surface area (Å²) in [5.41, 5.74) is 0. The highest BCUT2D eigenvalue weighted by Crippen LogP contribution is 1.70. The predicted octanol–water partition coefficient (Wildman–Crippen LogP) is 0.219. The summed E-state index contributed by atoms with van der Waals surface area (Å²) in [6, 6.07) is 0. The molecule has 0 atom stereocenters. The summed E-state index contributed by atoms with van der Waals surface area (Å²) < 4.78 is 0. The van der Waals surface area contributed by atoms with Gasteiger partial charge in [0.1, 0.15) is 0 Å². The van der Waals surface area contributed by atoms with Crippen molar-refractivity contribution in [1.82, 2.24) is 5.32 Å². The van der Waals surface area contributed by atoms with Crippen molar-refractivity contribution >= 4 is 6.41 Å². The molecule has 0 saturated carbocycles. The lowest BCUT2D eigenvalue weighted by molar-refractivity contribution is 0.543. The van der Waals surface area contributed by atoms with E-state index in [0.717, 1.165) is 6.42 Å². The second-order valence-corrected chi connectivity index (χ2v) is 1.11. The first-order valence-corrected chi connectivity index (χ1v) is 2.12. The molecule has 0 aliphatic heterocycles. The maximum atomic E-state index is 9.41. The van der Waals surface area contributed by atoms with Gasteiger partial charge in [0.05, 0.1) is 0 Å². The molecule has 0 saturated heterocycles. The summed E-state index contributed by atoms with van der Waals surface area (Å²) in [6.07, 6.45) is 4.11. The highest BCUT2D eigenvalue weighted by Gasteiger charge is 1.74. The second-order valence-electron chi connectivity index (χ2n) is 1.11. The van der Waals surface area contributed by atoms with E-state index >= 15 is 0 Å². The standard InChI is InChI=1S/C5H8NO/c1-2-3-4-6-5-7/h2H,1,3-4H2,(H,6,7). The summed E-state index contributed by atoms with van der Waals surface area (Å²) in [6.45, 7) is 4.11. The Balaban J connectivity index is 2.68. The Morgan fingerprint density at radius 2 is 2.57 bits per heavy atom. The van der Waals surface area contributed by atoms with Crippen molar-refractivity contribution in [2.24, 2.45) is 0 Å². The maximum Gasteiger partial charge on any atom is 0.309 e. The van der Waals surface area contributed by atoms with E-state index in [1.54, 1.807) is 12.5 Å². The molecular weight excluding hydrogens is 90.1 g/mol. The summed E-state index contributed by atoms with van der Waals surface area (Å²) in [4.78, 5) is 9.41. The van der Waals surface area contributed by atoms with Gasteiger partial charge in [0.25, 0.3) is 0 Å². The fraction of sp³-hybridized carbons (Fsp3) is 0.400. The number of hydrogen-bond donors (Lipinski definition) is 1. The van der Waals surface area contributed by atoms with Gasteiger partial charge in [-0.1, -0.05) is 6.08 Å². The van der Waals surface area contributed by atoms with Gasteiger partial charge in [0.2, 0.25) is 0 Å². The van der Waals surface area contributed by atoms with Crippen LogP contribution in [0.3, 0.4) is 0 Å². The average molecular weight is 98.1 g/mol. The van der Waals surface area contributed by atoms with Crippen LogP contribution in [0.1, 0.15) is 6.42 Å². The monoisotopic (exact) mass is 98.1 g/mol. The summed E-state index contributed by atoms with van der Waals surface area (Å²) in [7, 11) is 0. The molecule has 0 aliphatic carbocycles. The smallest absolute Gasteiger partial charge is 0.309 e. The predicted molar refractivity (Wildman–Crippen MR) is 28.5 cm³/mol. The third-order valence-corrected chi connectivity index (χ3v) is 0.546. The average Bonchev–Trinajstić information content (AvgIpc) is 1.69. The van der Waals surface area contributed by atoms with Crippen LogP contribution in [-0.4, -0.2) is 13.0 Å². The van der Waals surface area contributed by atoms with Crippen LogP contribution < -0.4 is 5.32 Å². The Labute approximate surface area is 43.2 Å². The molecule has 0 aromatic carbocycles. The van der Waals surface area contributed by atoms with Gasteiger partial charge >= 0.3 is 6.41 Å². The Kier molecular flexibility index (Phi) is 4.62. The molecule has 0 spiro atoms. The molecule has 0 aromatic rings. The van der Waals surface area contributed by atoms with Crippen LogP contribution in [0.15, 0.2) is 12.7 Å². The van der Waals surface area contributed by atoms with Crippen LogP contribution in [0.5, 0.6) is 0 Å². The van der Waals surface area contributed by atoms with E-state index in [2.05, 4.69) is 11.9 Å². The molecule has 2 heteroatoms. The molecule has 1 radical (unpaired) electrons. The zero-order valence-corrected chi connectivity index (χ0v) is 4.11. The van der Waals surface area contributed by atoms with Gasteiger partial charge in [0.15, 0.2) is 0 Å². The molecule has 7 heavy (non-hydrogen) atoms. The molecule has 0 fully saturated rings. The van der Waals surface area contributed by atoms with E-state index in [4.69, 9.17) is 0 Å². The Hall–Kier alpha value is -0.790. The molecule has 1 amide bonds. The first-order valence-electron chi connectivity index (χ1n) is 2.12. The van der Waals surface area contributed by atoms with Crippen LogP contribution in [0.2, 0.25) is 0 Å². The fourth-order valence-electron chi connectivity index (χ4n) is 0.225. The molecule has 1 N–H and O–H groups in total. The SMILES string of the molecule is C=CCCN[C]=O. The third kappa shape index (κ3) is 5.21. The second kappa shape index (κ2) is 5.21. The molecule has 0 rings (SSSR count). The van der Waals surface area contributed by atoms with Gasteiger partial charge in [0, 0.05) is 6.54 Å². The minimum absolute atomic E-state index is 0.646. The zero-order chi connectivity index (χ0) is 5.54. The quantitative estimate of drug-likeness (QED) is 0.304. The van der Waals surface area contributed by atoms with Crippen LogP contribution >= 0.6 is 0 Å². The summed E-state index contributed by atoms with van der Waals surface area (Å²) in [5, 5.41) is 2.37. The summed E-state index contributed by atoms with van der Waals surface area (Å²) >= 11 is 0. The van der Waals surface area contributed by atoms with Crippen LogP contribution in [0, 0.1) is 0 Å². The van der Waals surface area contributed by atoms with Crippen molar-refractivity contribution in [3.63, 3.8) is 0 Å². The molecule has 39 valence electrons. The first kappa shape index (κ1) is 6.21. The van der Waals surface area contributed by atoms with Gasteiger partial charge in [-0.05, 0) is 6.42 Å². The van der Waals surface area contributed by atoms with E-state index in [0.29, 0.717) is 6.54 Å².